The maximum absolute atomic E-state index is 12.1. The Morgan fingerprint density at radius 2 is 2.00 bits per heavy atom. The van der Waals surface area contributed by atoms with Gasteiger partial charge in [0.2, 0.25) is 11.3 Å². The molecule has 3 atom stereocenters. The molecule has 2 aliphatic heterocycles. The molecule has 0 aliphatic carbocycles. The molecule has 20 heavy (non-hydrogen) atoms. The average Bonchev–Trinajstić information content (AvgIpc) is 2.45. The van der Waals surface area contributed by atoms with Gasteiger partial charge < -0.3 is 9.47 Å². The summed E-state index contributed by atoms with van der Waals surface area (Å²) in [5, 5.41) is 0. The Kier molecular flexibility index (Phi) is 3.70. The summed E-state index contributed by atoms with van der Waals surface area (Å²) in [4.78, 5) is 0. The number of hydrogen-bond acceptors (Lipinski definition) is 4. The zero-order valence-electron chi connectivity index (χ0n) is 11.9. The number of fused-ring (bicyclic) bond motifs is 3. The van der Waals surface area contributed by atoms with Gasteiger partial charge >= 0.3 is 0 Å². The van der Waals surface area contributed by atoms with Gasteiger partial charge in [-0.2, -0.15) is 4.31 Å². The number of hydrogen-bond donors (Lipinski definition) is 0. The van der Waals surface area contributed by atoms with Gasteiger partial charge in [0.1, 0.15) is 0 Å². The van der Waals surface area contributed by atoms with Gasteiger partial charge in [0.15, 0.2) is 11.5 Å². The molecule has 0 N–H and O–H groups in total. The quantitative estimate of drug-likeness (QED) is 0.837. The molecule has 0 saturated carbocycles. The first-order valence-electron chi connectivity index (χ1n) is 6.74. The van der Waals surface area contributed by atoms with Crippen molar-refractivity contribution in [3.63, 3.8) is 0 Å². The van der Waals surface area contributed by atoms with Crippen molar-refractivity contribution in [2.24, 2.45) is 0 Å². The summed E-state index contributed by atoms with van der Waals surface area (Å²) in [6.45, 7) is 2.71. The van der Waals surface area contributed by atoms with Crippen LogP contribution in [0.1, 0.15) is 30.5 Å². The van der Waals surface area contributed by atoms with Crippen molar-refractivity contribution < 1.29 is 17.9 Å². The Labute approximate surface area is 121 Å². The van der Waals surface area contributed by atoms with E-state index in [1.807, 2.05) is 23.4 Å². The van der Waals surface area contributed by atoms with Gasteiger partial charge in [-0.1, -0.05) is 0 Å². The molecule has 0 spiro atoms. The van der Waals surface area contributed by atoms with Crippen molar-refractivity contribution in [1.29, 1.82) is 0 Å². The molecule has 2 aliphatic rings. The average molecular weight is 297 g/mol. The lowest BCUT2D eigenvalue weighted by Gasteiger charge is -2.40. The van der Waals surface area contributed by atoms with Crippen LogP contribution >= 0.6 is 0 Å². The highest BCUT2D eigenvalue weighted by Crippen LogP contribution is 2.42. The van der Waals surface area contributed by atoms with E-state index in [0.29, 0.717) is 0 Å². The van der Waals surface area contributed by atoms with Crippen molar-refractivity contribution in [3.05, 3.63) is 23.3 Å². The first-order chi connectivity index (χ1) is 9.63. The van der Waals surface area contributed by atoms with Crippen LogP contribution in [0.3, 0.4) is 0 Å². The van der Waals surface area contributed by atoms with Gasteiger partial charge in [-0.05, 0) is 43.0 Å². The van der Waals surface area contributed by atoms with Crippen LogP contribution in [0.4, 0.5) is 0 Å². The van der Waals surface area contributed by atoms with E-state index in [2.05, 4.69) is 0 Å². The Hall–Kier alpha value is -1.11. The smallest absolute Gasteiger partial charge is 0.238 e. The molecule has 0 bridgehead atoms. The third kappa shape index (κ3) is 2.21. The number of rotatable bonds is 2. The molecular formula is C14H19NO4S. The van der Waals surface area contributed by atoms with Crippen LogP contribution in [0.15, 0.2) is 12.1 Å². The highest BCUT2D eigenvalue weighted by molar-refractivity contribution is 7.77. The van der Waals surface area contributed by atoms with Gasteiger partial charge in [-0.25, -0.2) is 4.21 Å². The minimum absolute atomic E-state index is 0.00358. The van der Waals surface area contributed by atoms with E-state index in [1.165, 1.54) is 11.1 Å². The van der Waals surface area contributed by atoms with Gasteiger partial charge in [0.05, 0.1) is 26.4 Å². The second-order valence-corrected chi connectivity index (χ2v) is 6.27. The molecular weight excluding hydrogens is 278 g/mol. The minimum atomic E-state index is -1.35. The molecule has 6 heteroatoms. The number of benzene rings is 1. The van der Waals surface area contributed by atoms with E-state index in [4.69, 9.17) is 13.7 Å². The molecule has 0 amide bonds. The second kappa shape index (κ2) is 5.35. The molecule has 1 aromatic carbocycles. The Bertz CT molecular complexity index is 548. The zero-order chi connectivity index (χ0) is 14.3. The van der Waals surface area contributed by atoms with E-state index in [-0.39, 0.29) is 12.1 Å². The molecule has 1 unspecified atom stereocenters. The topological polar surface area (TPSA) is 48.0 Å². The number of methoxy groups -OCH3 is 2. The summed E-state index contributed by atoms with van der Waals surface area (Å²) < 4.78 is 30.2. The fraction of sp³-hybridized carbons (Fsp3) is 0.571. The van der Waals surface area contributed by atoms with E-state index in [1.54, 1.807) is 14.2 Å². The van der Waals surface area contributed by atoms with Crippen molar-refractivity contribution in [1.82, 2.24) is 4.31 Å². The molecule has 0 radical (unpaired) electrons. The largest absolute Gasteiger partial charge is 0.493 e. The Balaban J connectivity index is 2.04. The van der Waals surface area contributed by atoms with Crippen LogP contribution in [0.5, 0.6) is 11.5 Å². The highest BCUT2D eigenvalue weighted by Gasteiger charge is 2.38. The normalized spacial score (nSPS) is 29.4. The summed E-state index contributed by atoms with van der Waals surface area (Å²) in [6.07, 6.45) is 1.68. The second-order valence-electron chi connectivity index (χ2n) is 5.17. The van der Waals surface area contributed by atoms with Crippen LogP contribution in [-0.4, -0.2) is 35.4 Å². The van der Waals surface area contributed by atoms with Crippen LogP contribution in [0, 0.1) is 0 Å². The van der Waals surface area contributed by atoms with Crippen molar-refractivity contribution in [2.75, 3.05) is 20.8 Å². The van der Waals surface area contributed by atoms with Crippen LogP contribution in [0.25, 0.3) is 0 Å². The first kappa shape index (κ1) is 13.9. The molecule has 2 heterocycles. The molecule has 1 saturated heterocycles. The van der Waals surface area contributed by atoms with Crippen molar-refractivity contribution in [2.45, 2.75) is 31.9 Å². The standard InChI is InChI=1S/C14H19NO4S/c1-9-6-12-11-8-14(18-3)13(17-2)7-10(11)4-5-15(12)20(16)19-9/h7-9,12H,4-6H2,1-3H3/t9-,12+,20?/m0/s1. The molecule has 0 aromatic heterocycles. The zero-order valence-corrected chi connectivity index (χ0v) is 12.7. The third-order valence-electron chi connectivity index (χ3n) is 3.95. The van der Waals surface area contributed by atoms with Gasteiger partial charge in [-0.3, -0.25) is 4.18 Å². The van der Waals surface area contributed by atoms with Crippen molar-refractivity contribution in [3.8, 4) is 11.5 Å². The summed E-state index contributed by atoms with van der Waals surface area (Å²) in [5.41, 5.74) is 2.42. The minimum Gasteiger partial charge on any atom is -0.493 e. The maximum atomic E-state index is 12.1. The Morgan fingerprint density at radius 3 is 2.70 bits per heavy atom. The summed E-state index contributed by atoms with van der Waals surface area (Å²) in [6, 6.07) is 4.18. The summed E-state index contributed by atoms with van der Waals surface area (Å²) in [7, 11) is 3.28. The lowest BCUT2D eigenvalue weighted by atomic mass is 9.90. The van der Waals surface area contributed by atoms with E-state index in [0.717, 1.165) is 30.9 Å². The monoisotopic (exact) mass is 297 g/mol. The molecule has 1 aromatic rings. The van der Waals surface area contributed by atoms with Gasteiger partial charge in [0, 0.05) is 6.54 Å². The van der Waals surface area contributed by atoms with Crippen LogP contribution in [0.2, 0.25) is 0 Å². The van der Waals surface area contributed by atoms with Crippen LogP contribution < -0.4 is 9.47 Å². The van der Waals surface area contributed by atoms with Gasteiger partial charge in [-0.15, -0.1) is 0 Å². The predicted octanol–water partition coefficient (Wildman–Crippen LogP) is 1.99. The lowest BCUT2D eigenvalue weighted by molar-refractivity contribution is 0.122. The highest BCUT2D eigenvalue weighted by atomic mass is 32.2. The van der Waals surface area contributed by atoms with Gasteiger partial charge in [0.25, 0.3) is 0 Å². The van der Waals surface area contributed by atoms with E-state index < -0.39 is 11.3 Å². The SMILES string of the molecule is COc1cc2c(cc1OC)[C@H]1C[C@H](C)OS(=O)N1CC2. The Morgan fingerprint density at radius 1 is 1.30 bits per heavy atom. The fourth-order valence-electron chi connectivity index (χ4n) is 2.98. The van der Waals surface area contributed by atoms with Crippen molar-refractivity contribution >= 4 is 11.3 Å². The van der Waals surface area contributed by atoms with Crippen LogP contribution in [-0.2, 0) is 21.9 Å². The predicted molar refractivity (Wildman–Crippen MR) is 76.0 cm³/mol. The first-order valence-corrected chi connectivity index (χ1v) is 7.77. The summed E-state index contributed by atoms with van der Waals surface area (Å²) >= 11 is -1.35. The molecule has 3 rings (SSSR count). The summed E-state index contributed by atoms with van der Waals surface area (Å²) in [5.74, 6) is 1.47. The molecule has 1 fully saturated rings. The van der Waals surface area contributed by atoms with E-state index >= 15 is 0 Å². The third-order valence-corrected chi connectivity index (χ3v) is 5.26. The molecule has 110 valence electrons. The van der Waals surface area contributed by atoms with E-state index in [9.17, 15) is 4.21 Å². The number of nitrogens with zero attached hydrogens (tertiary/aromatic N) is 1. The maximum Gasteiger partial charge on any atom is 0.238 e. The number of ether oxygens (including phenoxy) is 2. The lowest BCUT2D eigenvalue weighted by Crippen LogP contribution is -2.44. The fourth-order valence-corrected chi connectivity index (χ4v) is 4.10. The molecule has 5 nitrogen and oxygen atoms in total.